The second kappa shape index (κ2) is 4.78. The fourth-order valence-corrected chi connectivity index (χ4v) is 3.13. The van der Waals surface area contributed by atoms with Crippen molar-refractivity contribution in [2.45, 2.75) is 18.8 Å². The number of carbonyl (C=O) groups excluding carboxylic acids is 1. The molecule has 1 aromatic rings. The fourth-order valence-electron chi connectivity index (χ4n) is 2.02. The standard InChI is InChI=1S/C10H15N3O2S/c1-15-10(14)8-7(9(11)13-12-8)6-2-4-16-5-3-6/h6H,2-5H2,1H3,(H3,11,12,13). The first kappa shape index (κ1) is 11.3. The van der Waals surface area contributed by atoms with Gasteiger partial charge in [-0.05, 0) is 30.3 Å². The highest BCUT2D eigenvalue weighted by Crippen LogP contribution is 2.35. The molecule has 0 aromatic carbocycles. The maximum Gasteiger partial charge on any atom is 0.356 e. The largest absolute Gasteiger partial charge is 0.464 e. The summed E-state index contributed by atoms with van der Waals surface area (Å²) in [6.07, 6.45) is 2.08. The molecule has 0 atom stereocenters. The summed E-state index contributed by atoms with van der Waals surface area (Å²) >= 11 is 1.93. The maximum atomic E-state index is 11.5. The summed E-state index contributed by atoms with van der Waals surface area (Å²) in [4.78, 5) is 11.5. The van der Waals surface area contributed by atoms with Crippen LogP contribution in [0.25, 0.3) is 0 Å². The van der Waals surface area contributed by atoms with Gasteiger partial charge in [-0.2, -0.15) is 16.9 Å². The molecule has 0 unspecified atom stereocenters. The number of nitrogens with zero attached hydrogens (tertiary/aromatic N) is 1. The predicted molar refractivity (Wildman–Crippen MR) is 63.6 cm³/mol. The van der Waals surface area contributed by atoms with E-state index in [0.29, 0.717) is 17.4 Å². The number of carbonyl (C=O) groups is 1. The van der Waals surface area contributed by atoms with E-state index < -0.39 is 5.97 Å². The number of hydrogen-bond donors (Lipinski definition) is 2. The van der Waals surface area contributed by atoms with Gasteiger partial charge in [-0.3, -0.25) is 5.10 Å². The third-order valence-corrected chi connectivity index (χ3v) is 3.90. The van der Waals surface area contributed by atoms with Crippen LogP contribution in [0.5, 0.6) is 0 Å². The molecule has 88 valence electrons. The number of thioether (sulfide) groups is 1. The van der Waals surface area contributed by atoms with Crippen LogP contribution in [-0.2, 0) is 4.74 Å². The SMILES string of the molecule is COC(=O)c1[nH]nc(N)c1C1CCSCC1. The second-order valence-electron chi connectivity index (χ2n) is 3.78. The first-order chi connectivity index (χ1) is 7.74. The molecule has 5 nitrogen and oxygen atoms in total. The Labute approximate surface area is 98.1 Å². The molecule has 2 rings (SSSR count). The van der Waals surface area contributed by atoms with Gasteiger partial charge in [0.15, 0.2) is 0 Å². The summed E-state index contributed by atoms with van der Waals surface area (Å²) in [6, 6.07) is 0. The van der Waals surface area contributed by atoms with Gasteiger partial charge in [0.05, 0.1) is 7.11 Å². The van der Waals surface area contributed by atoms with Crippen LogP contribution < -0.4 is 5.73 Å². The normalized spacial score (nSPS) is 17.3. The minimum absolute atomic E-state index is 0.328. The van der Waals surface area contributed by atoms with Crippen molar-refractivity contribution >= 4 is 23.5 Å². The molecule has 0 saturated carbocycles. The van der Waals surface area contributed by atoms with Crippen LogP contribution in [0.2, 0.25) is 0 Å². The van der Waals surface area contributed by atoms with Crippen molar-refractivity contribution in [2.75, 3.05) is 24.3 Å². The van der Waals surface area contributed by atoms with Gasteiger partial charge in [0.2, 0.25) is 0 Å². The molecule has 0 spiro atoms. The average molecular weight is 241 g/mol. The fraction of sp³-hybridized carbons (Fsp3) is 0.600. The lowest BCUT2D eigenvalue weighted by atomic mass is 9.93. The van der Waals surface area contributed by atoms with E-state index >= 15 is 0 Å². The minimum Gasteiger partial charge on any atom is -0.464 e. The van der Waals surface area contributed by atoms with Gasteiger partial charge >= 0.3 is 5.97 Å². The molecule has 2 heterocycles. The summed E-state index contributed by atoms with van der Waals surface area (Å²) in [5.41, 5.74) is 7.06. The third kappa shape index (κ3) is 2.02. The number of H-pyrrole nitrogens is 1. The van der Waals surface area contributed by atoms with Crippen molar-refractivity contribution < 1.29 is 9.53 Å². The van der Waals surface area contributed by atoms with Crippen LogP contribution >= 0.6 is 11.8 Å². The Morgan fingerprint density at radius 1 is 1.56 bits per heavy atom. The van der Waals surface area contributed by atoms with Gasteiger partial charge in [0, 0.05) is 5.56 Å². The van der Waals surface area contributed by atoms with Gasteiger partial charge in [-0.1, -0.05) is 0 Å². The molecular weight excluding hydrogens is 226 g/mol. The Bertz CT molecular complexity index is 385. The zero-order valence-corrected chi connectivity index (χ0v) is 9.97. The lowest BCUT2D eigenvalue weighted by molar-refractivity contribution is 0.0592. The highest BCUT2D eigenvalue weighted by molar-refractivity contribution is 7.99. The summed E-state index contributed by atoms with van der Waals surface area (Å²) in [7, 11) is 1.36. The number of nitrogens with one attached hydrogen (secondary N) is 1. The zero-order chi connectivity index (χ0) is 11.5. The van der Waals surface area contributed by atoms with Crippen LogP contribution in [0.3, 0.4) is 0 Å². The molecule has 1 fully saturated rings. The maximum absolute atomic E-state index is 11.5. The van der Waals surface area contributed by atoms with E-state index in [4.69, 9.17) is 10.5 Å². The first-order valence-electron chi connectivity index (χ1n) is 5.23. The van der Waals surface area contributed by atoms with E-state index in [2.05, 4.69) is 10.2 Å². The number of rotatable bonds is 2. The number of hydrogen-bond acceptors (Lipinski definition) is 5. The van der Waals surface area contributed by atoms with Crippen molar-refractivity contribution in [1.29, 1.82) is 0 Å². The van der Waals surface area contributed by atoms with Crippen LogP contribution in [0, 0.1) is 0 Å². The predicted octanol–water partition coefficient (Wildman–Crippen LogP) is 1.39. The Morgan fingerprint density at radius 3 is 2.88 bits per heavy atom. The molecule has 16 heavy (non-hydrogen) atoms. The lowest BCUT2D eigenvalue weighted by Crippen LogP contribution is -2.14. The Hall–Kier alpha value is -1.17. The van der Waals surface area contributed by atoms with Crippen LogP contribution in [0.1, 0.15) is 34.8 Å². The van der Waals surface area contributed by atoms with Gasteiger partial charge in [0.25, 0.3) is 0 Å². The molecule has 6 heteroatoms. The number of methoxy groups -OCH3 is 1. The molecule has 0 radical (unpaired) electrons. The van der Waals surface area contributed by atoms with Gasteiger partial charge in [-0.15, -0.1) is 0 Å². The quantitative estimate of drug-likeness (QED) is 0.765. The highest BCUT2D eigenvalue weighted by atomic mass is 32.2. The lowest BCUT2D eigenvalue weighted by Gasteiger charge is -2.21. The monoisotopic (exact) mass is 241 g/mol. The Balaban J connectivity index is 2.30. The van der Waals surface area contributed by atoms with E-state index in [0.717, 1.165) is 29.9 Å². The van der Waals surface area contributed by atoms with Crippen molar-refractivity contribution in [3.8, 4) is 0 Å². The van der Waals surface area contributed by atoms with E-state index in [1.807, 2.05) is 11.8 Å². The molecular formula is C10H15N3O2S. The van der Waals surface area contributed by atoms with Crippen molar-refractivity contribution in [3.05, 3.63) is 11.3 Å². The smallest absolute Gasteiger partial charge is 0.356 e. The molecule has 0 aliphatic carbocycles. The van der Waals surface area contributed by atoms with Gasteiger partial charge in [-0.25, -0.2) is 4.79 Å². The summed E-state index contributed by atoms with van der Waals surface area (Å²) in [5, 5.41) is 6.57. The average Bonchev–Trinajstić information content (AvgIpc) is 2.71. The summed E-state index contributed by atoms with van der Waals surface area (Å²) in [5.74, 6) is 2.58. The summed E-state index contributed by atoms with van der Waals surface area (Å²) < 4.78 is 4.71. The first-order valence-corrected chi connectivity index (χ1v) is 6.39. The Kier molecular flexibility index (Phi) is 3.38. The second-order valence-corrected chi connectivity index (χ2v) is 5.00. The Morgan fingerprint density at radius 2 is 2.25 bits per heavy atom. The number of nitrogen functional groups attached to an aromatic ring is 1. The van der Waals surface area contributed by atoms with E-state index in [1.54, 1.807) is 0 Å². The number of aromatic nitrogens is 2. The molecule has 1 aliphatic rings. The topological polar surface area (TPSA) is 81.0 Å². The number of esters is 1. The van der Waals surface area contributed by atoms with Crippen molar-refractivity contribution in [2.24, 2.45) is 0 Å². The third-order valence-electron chi connectivity index (χ3n) is 2.85. The molecule has 1 aromatic heterocycles. The van der Waals surface area contributed by atoms with E-state index in [-0.39, 0.29) is 0 Å². The summed E-state index contributed by atoms with van der Waals surface area (Å²) in [6.45, 7) is 0. The van der Waals surface area contributed by atoms with Crippen LogP contribution in [-0.4, -0.2) is 34.8 Å². The number of nitrogens with two attached hydrogens (primary N) is 1. The van der Waals surface area contributed by atoms with Crippen LogP contribution in [0.4, 0.5) is 5.82 Å². The van der Waals surface area contributed by atoms with Crippen molar-refractivity contribution in [3.63, 3.8) is 0 Å². The molecule has 0 bridgehead atoms. The molecule has 1 aliphatic heterocycles. The van der Waals surface area contributed by atoms with E-state index in [9.17, 15) is 4.79 Å². The molecule has 0 amide bonds. The van der Waals surface area contributed by atoms with Gasteiger partial charge in [0.1, 0.15) is 11.5 Å². The highest BCUT2D eigenvalue weighted by Gasteiger charge is 2.26. The number of ether oxygens (including phenoxy) is 1. The van der Waals surface area contributed by atoms with E-state index in [1.165, 1.54) is 7.11 Å². The molecule has 1 saturated heterocycles. The number of aromatic amines is 1. The zero-order valence-electron chi connectivity index (χ0n) is 9.16. The number of anilines is 1. The molecule has 3 N–H and O–H groups in total. The minimum atomic E-state index is -0.391. The van der Waals surface area contributed by atoms with Crippen LogP contribution in [0.15, 0.2) is 0 Å². The van der Waals surface area contributed by atoms with Crippen molar-refractivity contribution in [1.82, 2.24) is 10.2 Å². The van der Waals surface area contributed by atoms with Gasteiger partial charge < -0.3 is 10.5 Å².